The molecule has 0 fully saturated rings. The summed E-state index contributed by atoms with van der Waals surface area (Å²) in [5.41, 5.74) is 1.71. The van der Waals surface area contributed by atoms with E-state index < -0.39 is 10.8 Å². The second kappa shape index (κ2) is 6.92. The van der Waals surface area contributed by atoms with Gasteiger partial charge in [0.1, 0.15) is 11.4 Å². The van der Waals surface area contributed by atoms with Gasteiger partial charge in [0.15, 0.2) is 0 Å². The zero-order valence-corrected chi connectivity index (χ0v) is 14.2. The molecular weight excluding hydrogens is 296 g/mol. The minimum absolute atomic E-state index is 0.259. The van der Waals surface area contributed by atoms with Crippen molar-refractivity contribution in [1.29, 1.82) is 0 Å². The number of nitrogens with zero attached hydrogens (tertiary/aromatic N) is 1. The lowest BCUT2D eigenvalue weighted by atomic mass is 10.2. The zero-order valence-electron chi connectivity index (χ0n) is 13.4. The van der Waals surface area contributed by atoms with Crippen LogP contribution in [0.4, 0.5) is 5.69 Å². The van der Waals surface area contributed by atoms with Gasteiger partial charge in [0, 0.05) is 40.8 Å². The molecule has 0 bridgehead atoms. The van der Waals surface area contributed by atoms with Crippen LogP contribution in [0.3, 0.4) is 0 Å². The first-order chi connectivity index (χ1) is 10.3. The number of rotatable bonds is 5. The minimum Gasteiger partial charge on any atom is -0.486 e. The van der Waals surface area contributed by atoms with Crippen molar-refractivity contribution in [3.8, 4) is 5.75 Å². The lowest BCUT2D eigenvalue weighted by Gasteiger charge is -2.23. The highest BCUT2D eigenvalue weighted by Crippen LogP contribution is 2.27. The molecule has 22 heavy (non-hydrogen) atoms. The lowest BCUT2D eigenvalue weighted by Crippen LogP contribution is -2.23. The first-order valence-electron chi connectivity index (χ1n) is 7.14. The second-order valence-corrected chi connectivity index (χ2v) is 7.42. The minimum atomic E-state index is -0.943. The Balaban J connectivity index is 2.06. The SMILES string of the molecule is C[S@@](=O)c1ccc(CNc2cnccc2OC(C)(C)C)cc1. The molecule has 0 unspecified atom stereocenters. The Labute approximate surface area is 134 Å². The van der Waals surface area contributed by atoms with Gasteiger partial charge in [-0.3, -0.25) is 9.19 Å². The number of anilines is 1. The molecule has 0 aliphatic rings. The highest BCUT2D eigenvalue weighted by Gasteiger charge is 2.14. The van der Waals surface area contributed by atoms with E-state index in [-0.39, 0.29) is 5.60 Å². The first kappa shape index (κ1) is 16.5. The first-order valence-corrected chi connectivity index (χ1v) is 8.70. The molecule has 0 saturated carbocycles. The Kier molecular flexibility index (Phi) is 5.19. The smallest absolute Gasteiger partial charge is 0.146 e. The number of pyridine rings is 1. The predicted molar refractivity (Wildman–Crippen MR) is 90.7 cm³/mol. The highest BCUT2D eigenvalue weighted by atomic mass is 32.2. The van der Waals surface area contributed by atoms with Gasteiger partial charge in [-0.15, -0.1) is 0 Å². The number of benzene rings is 1. The van der Waals surface area contributed by atoms with Gasteiger partial charge >= 0.3 is 0 Å². The Morgan fingerprint density at radius 1 is 1.18 bits per heavy atom. The fourth-order valence-corrected chi connectivity index (χ4v) is 2.45. The van der Waals surface area contributed by atoms with Crippen molar-refractivity contribution in [2.24, 2.45) is 0 Å². The summed E-state index contributed by atoms with van der Waals surface area (Å²) in [4.78, 5) is 4.98. The summed E-state index contributed by atoms with van der Waals surface area (Å²) in [6.07, 6.45) is 5.16. The number of hydrogen-bond donors (Lipinski definition) is 1. The van der Waals surface area contributed by atoms with E-state index in [9.17, 15) is 4.21 Å². The third-order valence-corrected chi connectivity index (χ3v) is 3.87. The molecule has 1 aromatic heterocycles. The van der Waals surface area contributed by atoms with Gasteiger partial charge in [0.25, 0.3) is 0 Å². The van der Waals surface area contributed by atoms with E-state index >= 15 is 0 Å². The zero-order chi connectivity index (χ0) is 16.2. The van der Waals surface area contributed by atoms with Crippen LogP contribution < -0.4 is 10.1 Å². The molecular formula is C17H22N2O2S. The quantitative estimate of drug-likeness (QED) is 0.915. The molecule has 1 N–H and O–H groups in total. The third-order valence-electron chi connectivity index (χ3n) is 2.94. The van der Waals surface area contributed by atoms with Crippen molar-refractivity contribution in [1.82, 2.24) is 4.98 Å². The maximum absolute atomic E-state index is 11.4. The predicted octanol–water partition coefficient (Wildman–Crippen LogP) is 3.61. The van der Waals surface area contributed by atoms with Gasteiger partial charge in [-0.05, 0) is 38.5 Å². The molecule has 1 atom stereocenters. The van der Waals surface area contributed by atoms with Crippen LogP contribution in [0.15, 0.2) is 47.6 Å². The fraction of sp³-hybridized carbons (Fsp3) is 0.353. The molecule has 0 radical (unpaired) electrons. The van der Waals surface area contributed by atoms with Crippen LogP contribution in [0.2, 0.25) is 0 Å². The van der Waals surface area contributed by atoms with E-state index in [1.165, 1.54) is 0 Å². The normalized spacial score (nSPS) is 12.7. The molecule has 0 aliphatic carbocycles. The van der Waals surface area contributed by atoms with Crippen LogP contribution in [-0.4, -0.2) is 21.0 Å². The molecule has 0 saturated heterocycles. The summed E-state index contributed by atoms with van der Waals surface area (Å²) in [7, 11) is -0.943. The summed E-state index contributed by atoms with van der Waals surface area (Å²) in [5.74, 6) is 0.786. The average Bonchev–Trinajstić information content (AvgIpc) is 2.45. The van der Waals surface area contributed by atoms with E-state index in [2.05, 4.69) is 10.3 Å². The average molecular weight is 318 g/mol. The van der Waals surface area contributed by atoms with Crippen LogP contribution in [0.1, 0.15) is 26.3 Å². The molecule has 0 spiro atoms. The summed E-state index contributed by atoms with van der Waals surface area (Å²) in [6, 6.07) is 9.59. The number of nitrogens with one attached hydrogen (secondary N) is 1. The Hall–Kier alpha value is -1.88. The Bertz CT molecular complexity index is 648. The van der Waals surface area contributed by atoms with E-state index in [1.807, 2.05) is 51.1 Å². The number of aromatic nitrogens is 1. The van der Waals surface area contributed by atoms with Gasteiger partial charge in [-0.2, -0.15) is 0 Å². The molecule has 2 rings (SSSR count). The van der Waals surface area contributed by atoms with E-state index in [0.29, 0.717) is 6.54 Å². The van der Waals surface area contributed by atoms with Crippen LogP contribution in [0, 0.1) is 0 Å². The van der Waals surface area contributed by atoms with Gasteiger partial charge in [-0.25, -0.2) is 0 Å². The summed E-state index contributed by atoms with van der Waals surface area (Å²) >= 11 is 0. The number of hydrogen-bond acceptors (Lipinski definition) is 4. The lowest BCUT2D eigenvalue weighted by molar-refractivity contribution is 0.131. The summed E-state index contributed by atoms with van der Waals surface area (Å²) in [5, 5.41) is 3.34. The Morgan fingerprint density at radius 2 is 1.86 bits per heavy atom. The molecule has 1 aromatic carbocycles. The highest BCUT2D eigenvalue weighted by molar-refractivity contribution is 7.84. The summed E-state index contributed by atoms with van der Waals surface area (Å²) < 4.78 is 17.3. The van der Waals surface area contributed by atoms with Crippen molar-refractivity contribution >= 4 is 16.5 Å². The van der Waals surface area contributed by atoms with Gasteiger partial charge < -0.3 is 10.1 Å². The van der Waals surface area contributed by atoms with Crippen LogP contribution >= 0.6 is 0 Å². The molecule has 2 aromatic rings. The fourth-order valence-electron chi connectivity index (χ4n) is 1.93. The van der Waals surface area contributed by atoms with Crippen molar-refractivity contribution in [3.05, 3.63) is 48.3 Å². The van der Waals surface area contributed by atoms with Crippen molar-refractivity contribution in [3.63, 3.8) is 0 Å². The van der Waals surface area contributed by atoms with E-state index in [0.717, 1.165) is 21.9 Å². The molecule has 0 aliphatic heterocycles. The third kappa shape index (κ3) is 4.84. The van der Waals surface area contributed by atoms with Gasteiger partial charge in [0.05, 0.1) is 11.9 Å². The summed E-state index contributed by atoms with van der Waals surface area (Å²) in [6.45, 7) is 6.70. The standard InChI is InChI=1S/C17H22N2O2S/c1-17(2,3)21-16-9-10-18-12-15(16)19-11-13-5-7-14(8-6-13)22(4)20/h5-10,12,19H,11H2,1-4H3/t22-/m1/s1. The van der Waals surface area contributed by atoms with Crippen molar-refractivity contribution < 1.29 is 8.95 Å². The van der Waals surface area contributed by atoms with E-state index in [4.69, 9.17) is 4.74 Å². The largest absolute Gasteiger partial charge is 0.486 e. The maximum atomic E-state index is 11.4. The monoisotopic (exact) mass is 318 g/mol. The maximum Gasteiger partial charge on any atom is 0.146 e. The molecule has 0 amide bonds. The topological polar surface area (TPSA) is 51.2 Å². The van der Waals surface area contributed by atoms with Crippen LogP contribution in [0.5, 0.6) is 5.75 Å². The molecule has 4 nitrogen and oxygen atoms in total. The second-order valence-electron chi connectivity index (χ2n) is 6.04. The van der Waals surface area contributed by atoms with Crippen LogP contribution in [-0.2, 0) is 17.3 Å². The Morgan fingerprint density at radius 3 is 2.45 bits per heavy atom. The molecule has 5 heteroatoms. The molecule has 118 valence electrons. The molecule has 1 heterocycles. The van der Waals surface area contributed by atoms with Crippen molar-refractivity contribution in [2.45, 2.75) is 37.8 Å². The van der Waals surface area contributed by atoms with Gasteiger partial charge in [0.2, 0.25) is 0 Å². The van der Waals surface area contributed by atoms with Crippen LogP contribution in [0.25, 0.3) is 0 Å². The van der Waals surface area contributed by atoms with Gasteiger partial charge in [-0.1, -0.05) is 12.1 Å². The van der Waals surface area contributed by atoms with Crippen molar-refractivity contribution in [2.75, 3.05) is 11.6 Å². The number of ether oxygens (including phenoxy) is 1. The van der Waals surface area contributed by atoms with E-state index in [1.54, 1.807) is 18.6 Å².